The van der Waals surface area contributed by atoms with E-state index in [1.165, 1.54) is 31.1 Å². The fraction of sp³-hybridized carbons (Fsp3) is 0.410. The van der Waals surface area contributed by atoms with Crippen molar-refractivity contribution in [3.63, 3.8) is 0 Å². The van der Waals surface area contributed by atoms with Gasteiger partial charge in [-0.3, -0.25) is 67.7 Å². The average molecular weight is 1520 g/mol. The molecule has 8 rings (SSSR count). The van der Waals surface area contributed by atoms with Gasteiger partial charge in [0.2, 0.25) is 65.0 Å². The lowest BCUT2D eigenvalue weighted by Crippen LogP contribution is -2.61. The second-order valence-electron chi connectivity index (χ2n) is 27.6. The fourth-order valence-corrected chi connectivity index (χ4v) is 13.0. The summed E-state index contributed by atoms with van der Waals surface area (Å²) < 4.78 is 0. The molecule has 18 N–H and O–H groups in total. The van der Waals surface area contributed by atoms with E-state index < -0.39 is 132 Å². The van der Waals surface area contributed by atoms with Crippen LogP contribution in [0, 0.1) is 5.92 Å². The molecule has 580 valence electrons. The number of hydrogen-bond donors (Lipinski definition) is 15. The Hall–Kier alpha value is -11.4. The molecular weight excluding hydrogens is 1420 g/mol. The smallest absolute Gasteiger partial charge is 0.246 e. The highest BCUT2D eigenvalue weighted by Gasteiger charge is 2.41. The van der Waals surface area contributed by atoms with Gasteiger partial charge in [-0.15, -0.1) is 0 Å². The summed E-state index contributed by atoms with van der Waals surface area (Å²) in [5.41, 5.74) is 20.8. The number of carbonyl (C=O) groups excluding carboxylic acids is 11. The molecule has 0 aliphatic carbocycles. The van der Waals surface area contributed by atoms with Crippen LogP contribution in [0.15, 0.2) is 151 Å². The first kappa shape index (κ1) is 83.3. The zero-order valence-corrected chi connectivity index (χ0v) is 62.3. The minimum atomic E-state index is -1.80. The van der Waals surface area contributed by atoms with Crippen molar-refractivity contribution in [1.29, 1.82) is 0 Å². The minimum absolute atomic E-state index is 0.00715. The van der Waals surface area contributed by atoms with Crippen LogP contribution in [0.3, 0.4) is 0 Å². The third kappa shape index (κ3) is 25.9. The standard InChI is InChI=1S/C78H99ClN18O12/c1-46(2)36-61(71(103)95-65(41-54-43-87-58-21-8-7-20-57(54)58)77(109)97-35-15-24-67(97)76(108)88-47(3)68(80)100)92-70(102)59(22-10-11-31-84-44-56-19-9-12-33-85-56)90-69(101)60(23-14-34-86-78(81)82)91-75(107)66(45-98)96-74(106)64(40-51-16-13-32-83-42-51)94-73(105)63(38-49-26-29-55(79)30-27-49)93-72(104)62(89-48(4)99)39-50-25-28-52-17-5-6-18-53(52)37-50/h5-9,12-13,16-21,25-30,32-33,37,42-43,46-47,59-67,84,87,98H,10-11,14-15,22-24,31,34-36,38-41,44-45H2,1-4H3,(H2,80,100)(H,88,108)(H,89,99)(H,90,101)(H,91,107)(H,92,102)(H,93,104)(H,94,105)(H,95,103)(H,96,106)(H4,81,82,86)/t47-,59+,60+,61+,62-,63-,64-,65+,66+,67-/m1/s1. The summed E-state index contributed by atoms with van der Waals surface area (Å²) in [5.74, 6) is -9.04. The van der Waals surface area contributed by atoms with Crippen molar-refractivity contribution >= 4 is 104 Å². The molecule has 4 heterocycles. The largest absolute Gasteiger partial charge is 0.394 e. The number of para-hydroxylation sites is 1. The van der Waals surface area contributed by atoms with Gasteiger partial charge >= 0.3 is 0 Å². The normalized spacial score (nSPS) is 15.1. The molecule has 109 heavy (non-hydrogen) atoms. The van der Waals surface area contributed by atoms with Crippen LogP contribution in [-0.4, -0.2) is 183 Å². The number of nitrogens with zero attached hydrogens (tertiary/aromatic N) is 4. The second-order valence-corrected chi connectivity index (χ2v) is 28.0. The molecule has 31 heteroatoms. The van der Waals surface area contributed by atoms with Crippen LogP contribution in [-0.2, 0) is 85.0 Å². The number of halogens is 1. The SMILES string of the molecule is CC(=O)N[C@H](Cc1ccc2ccccc2c1)C(=O)N[C@H](Cc1ccc(Cl)cc1)C(=O)N[C@H](Cc1cccnc1)C(=O)N[C@@H](CO)C(=O)N[C@@H](CCCN=C(N)N)C(=O)N[C@@H](CCCCNCc1ccccn1)C(=O)N[C@@H](CC(C)C)C(=O)N[C@@H](Cc1c[nH]c2ccccc12)C(=O)N1CCC[C@@H]1C(=O)N[C@H](C)C(N)=O. The predicted molar refractivity (Wildman–Crippen MR) is 412 cm³/mol. The number of nitrogens with two attached hydrogens (primary N) is 3. The number of aliphatic imine (C=N–C) groups is 1. The van der Waals surface area contributed by atoms with E-state index in [2.05, 4.69) is 73.1 Å². The third-order valence-corrected chi connectivity index (χ3v) is 18.8. The predicted octanol–water partition coefficient (Wildman–Crippen LogP) is 1.97. The van der Waals surface area contributed by atoms with E-state index >= 15 is 14.4 Å². The van der Waals surface area contributed by atoms with E-state index in [0.29, 0.717) is 59.6 Å². The molecule has 1 aliphatic heterocycles. The molecule has 3 aromatic heterocycles. The van der Waals surface area contributed by atoms with Gasteiger partial charge in [0.1, 0.15) is 60.4 Å². The Morgan fingerprint density at radius 2 is 1.17 bits per heavy atom. The van der Waals surface area contributed by atoms with Crippen LogP contribution >= 0.6 is 11.6 Å². The molecule has 0 saturated carbocycles. The number of aliphatic hydroxyl groups excluding tert-OH is 1. The highest BCUT2D eigenvalue weighted by Crippen LogP contribution is 2.25. The zero-order chi connectivity index (χ0) is 78.5. The van der Waals surface area contributed by atoms with Crippen LogP contribution < -0.4 is 70.4 Å². The molecule has 0 spiro atoms. The number of H-pyrrole nitrogens is 1. The van der Waals surface area contributed by atoms with Crippen LogP contribution in [0.1, 0.15) is 107 Å². The highest BCUT2D eigenvalue weighted by atomic mass is 35.5. The Labute approximate surface area is 637 Å². The number of aromatic amines is 1. The van der Waals surface area contributed by atoms with Crippen molar-refractivity contribution in [2.45, 2.75) is 172 Å². The molecular formula is C78H99ClN18O12. The van der Waals surface area contributed by atoms with Crippen molar-refractivity contribution in [2.24, 2.45) is 28.1 Å². The number of benzene rings is 4. The number of hydrogen-bond acceptors (Lipinski definition) is 16. The van der Waals surface area contributed by atoms with E-state index in [9.17, 15) is 43.5 Å². The Bertz CT molecular complexity index is 4300. The van der Waals surface area contributed by atoms with Gasteiger partial charge in [-0.05, 0) is 140 Å². The van der Waals surface area contributed by atoms with Crippen LogP contribution in [0.25, 0.3) is 21.7 Å². The first-order valence-electron chi connectivity index (χ1n) is 36.6. The van der Waals surface area contributed by atoms with E-state index in [4.69, 9.17) is 28.8 Å². The minimum Gasteiger partial charge on any atom is -0.394 e. The van der Waals surface area contributed by atoms with E-state index in [-0.39, 0.29) is 82.8 Å². The number of fused-ring (bicyclic) bond motifs is 2. The summed E-state index contributed by atoms with van der Waals surface area (Å²) in [4.78, 5) is 174. The third-order valence-electron chi connectivity index (χ3n) is 18.6. The van der Waals surface area contributed by atoms with E-state index in [0.717, 1.165) is 27.4 Å². The Balaban J connectivity index is 1.03. The number of unbranched alkanes of at least 4 members (excludes halogenated alkanes) is 1. The lowest BCUT2D eigenvalue weighted by atomic mass is 9.99. The van der Waals surface area contributed by atoms with Gasteiger partial charge < -0.3 is 85.4 Å². The monoisotopic (exact) mass is 1510 g/mol. The molecule has 0 unspecified atom stereocenters. The second kappa shape index (κ2) is 41.7. The molecule has 7 aromatic rings. The Morgan fingerprint density at radius 3 is 1.81 bits per heavy atom. The number of nitrogens with one attached hydrogen (secondary N) is 11. The molecule has 10 atom stereocenters. The van der Waals surface area contributed by atoms with Crippen molar-refractivity contribution in [1.82, 2.24) is 73.0 Å². The molecule has 1 saturated heterocycles. The summed E-state index contributed by atoms with van der Waals surface area (Å²) in [6, 6.07) is 22.5. The number of guanidine groups is 1. The zero-order valence-electron chi connectivity index (χ0n) is 61.6. The molecule has 30 nitrogen and oxygen atoms in total. The van der Waals surface area contributed by atoms with E-state index in [1.54, 1.807) is 54.9 Å². The maximum absolute atomic E-state index is 15.1. The maximum Gasteiger partial charge on any atom is 0.246 e. The van der Waals surface area contributed by atoms with Gasteiger partial charge in [-0.25, -0.2) is 0 Å². The van der Waals surface area contributed by atoms with Crippen molar-refractivity contribution in [3.05, 3.63) is 179 Å². The van der Waals surface area contributed by atoms with Gasteiger partial charge in [0, 0.05) is 93.0 Å². The topological polar surface area (TPSA) is 464 Å². The molecule has 0 bridgehead atoms. The lowest BCUT2D eigenvalue weighted by Gasteiger charge is -2.31. The molecule has 1 fully saturated rings. The van der Waals surface area contributed by atoms with E-state index in [1.807, 2.05) is 92.7 Å². The van der Waals surface area contributed by atoms with Crippen molar-refractivity contribution in [2.75, 3.05) is 26.2 Å². The molecule has 4 aromatic carbocycles. The fourth-order valence-electron chi connectivity index (χ4n) is 12.9. The Morgan fingerprint density at radius 1 is 0.587 bits per heavy atom. The number of aromatic nitrogens is 3. The number of primary amides is 1. The quantitative estimate of drug-likeness (QED) is 0.0148. The van der Waals surface area contributed by atoms with Gasteiger partial charge in [0.05, 0.1) is 12.3 Å². The maximum atomic E-state index is 15.1. The van der Waals surface area contributed by atoms with Gasteiger partial charge in [-0.2, -0.15) is 0 Å². The number of carbonyl (C=O) groups is 11. The van der Waals surface area contributed by atoms with Gasteiger partial charge in [-0.1, -0.05) is 110 Å². The average Bonchev–Trinajstić information content (AvgIpc) is 1.72. The summed E-state index contributed by atoms with van der Waals surface area (Å²) in [6.07, 6.45) is 7.43. The van der Waals surface area contributed by atoms with Crippen LogP contribution in [0.5, 0.6) is 0 Å². The first-order chi connectivity index (χ1) is 52.3. The summed E-state index contributed by atoms with van der Waals surface area (Å²) in [5, 5.41) is 41.9. The number of rotatable bonds is 41. The van der Waals surface area contributed by atoms with Crippen molar-refractivity contribution < 1.29 is 57.8 Å². The van der Waals surface area contributed by atoms with Crippen molar-refractivity contribution in [3.8, 4) is 0 Å². The number of likely N-dealkylation sites (tertiary alicyclic amines) is 1. The highest BCUT2D eigenvalue weighted by molar-refractivity contribution is 6.30. The molecule has 0 radical (unpaired) electrons. The van der Waals surface area contributed by atoms with Crippen LogP contribution in [0.2, 0.25) is 5.02 Å². The summed E-state index contributed by atoms with van der Waals surface area (Å²) >= 11 is 6.26. The summed E-state index contributed by atoms with van der Waals surface area (Å²) in [6.45, 7) is 6.34. The Kier molecular flexibility index (Phi) is 31.8. The van der Waals surface area contributed by atoms with Gasteiger partial charge in [0.15, 0.2) is 5.96 Å². The number of pyridine rings is 2. The number of aliphatic hydroxyl groups is 1. The number of amides is 11. The first-order valence-corrected chi connectivity index (χ1v) is 36.9. The van der Waals surface area contributed by atoms with Gasteiger partial charge in [0.25, 0.3) is 0 Å². The molecule has 11 amide bonds. The molecule has 1 aliphatic rings. The summed E-state index contributed by atoms with van der Waals surface area (Å²) in [7, 11) is 0. The van der Waals surface area contributed by atoms with Crippen LogP contribution in [0.4, 0.5) is 0 Å². The lowest BCUT2D eigenvalue weighted by molar-refractivity contribution is -0.142.